The van der Waals surface area contributed by atoms with E-state index in [1.807, 2.05) is 0 Å². The Morgan fingerprint density at radius 3 is 1.80 bits per heavy atom. The van der Waals surface area contributed by atoms with Gasteiger partial charge in [-0.05, 0) is 19.4 Å². The average Bonchev–Trinajstić information content (AvgIpc) is 3.20. The van der Waals surface area contributed by atoms with Crippen molar-refractivity contribution in [1.82, 2.24) is 5.32 Å². The third-order valence-corrected chi connectivity index (χ3v) is 9.36. The number of hydrogen-bond donors (Lipinski definition) is 2. The highest BCUT2D eigenvalue weighted by atomic mass is 35.6. The van der Waals surface area contributed by atoms with Crippen LogP contribution in [0.5, 0.6) is 0 Å². The fourth-order valence-corrected chi connectivity index (χ4v) is 6.11. The monoisotopic (exact) mass is 978 g/mol. The maximum absolute atomic E-state index is 14.0. The highest BCUT2D eigenvalue weighted by molar-refractivity contribution is 6.76. The summed E-state index contributed by atoms with van der Waals surface area (Å²) in [6.07, 6.45) is -26.4. The molecule has 0 saturated carbocycles. The molecular weight excluding hydrogens is 936 g/mol. The Hall–Kier alpha value is -4.65. The maximum atomic E-state index is 14.0. The van der Waals surface area contributed by atoms with Gasteiger partial charge in [-0.3, -0.25) is 29.4 Å². The zero-order chi connectivity index (χ0) is 48.1. The Morgan fingerprint density at radius 2 is 1.30 bits per heavy atom. The molecule has 0 bridgehead atoms. The van der Waals surface area contributed by atoms with Gasteiger partial charge >= 0.3 is 41.9 Å². The Bertz CT molecular complexity index is 1870. The molecule has 0 aliphatic carbocycles. The summed E-state index contributed by atoms with van der Waals surface area (Å²) in [7, 11) is 0.892. The molecule has 26 heteroatoms. The third kappa shape index (κ3) is 16.4. The van der Waals surface area contributed by atoms with Crippen molar-refractivity contribution in [2.45, 2.75) is 131 Å². The first-order valence-corrected chi connectivity index (χ1v) is 20.0. The quantitative estimate of drug-likeness (QED) is 0.0663. The molecule has 2 fully saturated rings. The summed E-state index contributed by atoms with van der Waals surface area (Å²) in [5.41, 5.74) is 0.448. The number of carbonyl (C=O) groups is 8. The van der Waals surface area contributed by atoms with Crippen LogP contribution in [0.25, 0.3) is 0 Å². The van der Waals surface area contributed by atoms with Crippen molar-refractivity contribution >= 4 is 88.0 Å². The van der Waals surface area contributed by atoms with Gasteiger partial charge in [-0.25, -0.2) is 4.79 Å². The van der Waals surface area contributed by atoms with E-state index in [4.69, 9.17) is 87.6 Å². The normalized spacial score (nSPS) is 25.7. The van der Waals surface area contributed by atoms with E-state index in [9.17, 15) is 51.5 Å². The van der Waals surface area contributed by atoms with Gasteiger partial charge in [0.2, 0.25) is 12.2 Å². The van der Waals surface area contributed by atoms with E-state index in [0.717, 1.165) is 27.9 Å². The smallest absolute Gasteiger partial charge is 0.467 e. The summed E-state index contributed by atoms with van der Waals surface area (Å²) in [4.78, 5) is 101. The van der Waals surface area contributed by atoms with E-state index in [1.165, 1.54) is 6.92 Å². The topological polar surface area (TPSA) is 265 Å². The molecular formula is C38H44Cl3F3N2O18. The van der Waals surface area contributed by atoms with Crippen molar-refractivity contribution in [3.8, 4) is 0 Å². The van der Waals surface area contributed by atoms with Crippen LogP contribution >= 0.6 is 34.8 Å². The fourth-order valence-electron chi connectivity index (χ4n) is 5.97. The number of esters is 5. The molecule has 0 aromatic heterocycles. The molecule has 1 aromatic rings. The maximum Gasteiger partial charge on any atom is 0.471 e. The van der Waals surface area contributed by atoms with Gasteiger partial charge in [-0.1, -0.05) is 65.1 Å². The van der Waals surface area contributed by atoms with Crippen LogP contribution < -0.4 is 5.32 Å². The Balaban J connectivity index is 2.36. The van der Waals surface area contributed by atoms with Crippen molar-refractivity contribution in [1.29, 1.82) is 5.41 Å². The summed E-state index contributed by atoms with van der Waals surface area (Å²) < 4.78 is 95.3. The zero-order valence-corrected chi connectivity index (χ0v) is 36.8. The molecule has 2 heterocycles. The number of ether oxygens (including phenoxy) is 10. The minimum atomic E-state index is -5.66. The van der Waals surface area contributed by atoms with Gasteiger partial charge in [-0.2, -0.15) is 13.2 Å². The largest absolute Gasteiger partial charge is 0.471 e. The molecule has 2 aliphatic rings. The van der Waals surface area contributed by atoms with E-state index < -0.39 is 151 Å². The first-order valence-electron chi connectivity index (χ1n) is 18.9. The molecule has 0 radical (unpaired) electrons. The fraction of sp³-hybridized carbons (Fsp3) is 0.605. The second kappa shape index (κ2) is 24.0. The number of benzene rings is 1. The number of nitrogens with one attached hydrogen (secondary N) is 2. The second-order valence-corrected chi connectivity index (χ2v) is 16.3. The Labute approximate surface area is 377 Å². The van der Waals surface area contributed by atoms with Crippen molar-refractivity contribution in [2.24, 2.45) is 0 Å². The predicted octanol–water partition coefficient (Wildman–Crippen LogP) is 3.05. The van der Waals surface area contributed by atoms with E-state index in [2.05, 4.69) is 0 Å². The minimum absolute atomic E-state index is 0.320. The minimum Gasteiger partial charge on any atom is -0.467 e. The standard InChI is InChI=1S/C38H44Cl3F3N2O18/c1-17(47)11-13-23(51)60-29-28(57-15-21-9-7-6-8-10-21)31(61-24(52)14-12-18(2)48)34(63-30(29)32(53)55-5)62-27-25(46-36(54)38(42,43)44)33(64-35(45)37(39,40)41)59-22(16-56-19(3)49)26(27)58-20(4)50/h6-10,22,25-31,33-34,45H,11-16H2,1-5H3,(H,46,54)/t22-,25-,26+,27-,28+,29+,30-,31-,33?,34-/m1/s1. The van der Waals surface area contributed by atoms with E-state index in [1.54, 1.807) is 35.6 Å². The third-order valence-electron chi connectivity index (χ3n) is 8.85. The number of amides is 1. The van der Waals surface area contributed by atoms with Gasteiger partial charge in [0.05, 0.1) is 26.6 Å². The molecule has 20 nitrogen and oxygen atoms in total. The van der Waals surface area contributed by atoms with Crippen LogP contribution in [0.2, 0.25) is 0 Å². The van der Waals surface area contributed by atoms with Gasteiger partial charge in [0.25, 0.3) is 3.79 Å². The molecule has 0 spiro atoms. The van der Waals surface area contributed by atoms with Gasteiger partial charge in [-0.15, -0.1) is 0 Å². The number of rotatable bonds is 19. The molecule has 1 unspecified atom stereocenters. The summed E-state index contributed by atoms with van der Waals surface area (Å²) in [5.74, 6) is -10.6. The zero-order valence-electron chi connectivity index (χ0n) is 34.5. The highest BCUT2D eigenvalue weighted by Gasteiger charge is 2.59. The number of ketones is 2. The lowest BCUT2D eigenvalue weighted by atomic mass is 9.94. The summed E-state index contributed by atoms with van der Waals surface area (Å²) in [5, 5.41) is 9.72. The lowest BCUT2D eigenvalue weighted by Crippen LogP contribution is -2.70. The average molecular weight is 980 g/mol. The lowest BCUT2D eigenvalue weighted by Gasteiger charge is -2.49. The van der Waals surface area contributed by atoms with Crippen LogP contribution in [-0.2, 0) is 92.3 Å². The van der Waals surface area contributed by atoms with Gasteiger partial charge < -0.3 is 62.3 Å². The molecule has 64 heavy (non-hydrogen) atoms. The molecule has 2 N–H and O–H groups in total. The first-order chi connectivity index (χ1) is 29.8. The van der Waals surface area contributed by atoms with E-state index >= 15 is 0 Å². The molecule has 1 amide bonds. The number of Topliss-reactive ketones (excluding diaryl/α,β-unsaturated/α-hetero) is 2. The van der Waals surface area contributed by atoms with Crippen molar-refractivity contribution in [2.75, 3.05) is 13.7 Å². The molecule has 2 saturated heterocycles. The molecule has 10 atom stereocenters. The predicted molar refractivity (Wildman–Crippen MR) is 208 cm³/mol. The number of methoxy groups -OCH3 is 1. The van der Waals surface area contributed by atoms with E-state index in [-0.39, 0.29) is 12.8 Å². The van der Waals surface area contributed by atoms with Gasteiger partial charge in [0.15, 0.2) is 30.7 Å². The Kier molecular flexibility index (Phi) is 20.2. The van der Waals surface area contributed by atoms with Crippen LogP contribution in [0.15, 0.2) is 30.3 Å². The highest BCUT2D eigenvalue weighted by Crippen LogP contribution is 2.37. The second-order valence-electron chi connectivity index (χ2n) is 14.0. The molecule has 3 rings (SSSR count). The van der Waals surface area contributed by atoms with Crippen LogP contribution in [0.4, 0.5) is 13.2 Å². The molecule has 356 valence electrons. The molecule has 1 aromatic carbocycles. The Morgan fingerprint density at radius 1 is 0.719 bits per heavy atom. The first kappa shape index (κ1) is 53.7. The van der Waals surface area contributed by atoms with Crippen LogP contribution in [0.3, 0.4) is 0 Å². The molecule has 2 aliphatic heterocycles. The van der Waals surface area contributed by atoms with Gasteiger partial charge in [0.1, 0.15) is 42.5 Å². The van der Waals surface area contributed by atoms with Crippen molar-refractivity contribution in [3.63, 3.8) is 0 Å². The van der Waals surface area contributed by atoms with E-state index in [0.29, 0.717) is 5.56 Å². The number of hydrogen-bond acceptors (Lipinski definition) is 19. The number of halogens is 6. The number of carbonyl (C=O) groups excluding carboxylic acids is 8. The van der Waals surface area contributed by atoms with Gasteiger partial charge in [0, 0.05) is 26.7 Å². The number of alkyl halides is 6. The lowest BCUT2D eigenvalue weighted by molar-refractivity contribution is -0.342. The summed E-state index contributed by atoms with van der Waals surface area (Å²) >= 11 is 17.4. The van der Waals surface area contributed by atoms with Crippen molar-refractivity contribution in [3.05, 3.63) is 35.9 Å². The SMILES string of the molecule is COC(=O)[C@@H]1O[C@@H](O[C@H]2[C@@H](OC(C)=O)[C@@H](COC(C)=O)OC(OC(=N)C(Cl)(Cl)Cl)[C@@H]2NC(=O)C(F)(F)F)[C@H](OC(=O)CCC(C)=O)[C@@H](OCc2ccccc2)[C@@H]1OC(=O)CCC(C)=O. The van der Waals surface area contributed by atoms with Crippen LogP contribution in [0, 0.1) is 5.41 Å². The van der Waals surface area contributed by atoms with Crippen molar-refractivity contribution < 1.29 is 98.9 Å². The summed E-state index contributed by atoms with van der Waals surface area (Å²) in [6.45, 7) is 2.85. The summed E-state index contributed by atoms with van der Waals surface area (Å²) in [6, 6.07) is 5.66. The van der Waals surface area contributed by atoms with Crippen LogP contribution in [0.1, 0.15) is 58.9 Å². The van der Waals surface area contributed by atoms with Crippen LogP contribution in [-0.4, -0.2) is 138 Å².